The maximum atomic E-state index is 12.0. The standard InChI is InChI=1S/C16H22N4O.ClH/c1-12-15(11-16(21)18-10-9-17-3)13(2)20(19-12)14-7-5-4-6-8-14;/h4-8,17H,9-11H2,1-3H3,(H,18,21);1H. The Labute approximate surface area is 137 Å². The molecule has 1 aromatic carbocycles. The van der Waals surface area contributed by atoms with Gasteiger partial charge in [0.05, 0.1) is 17.8 Å². The highest BCUT2D eigenvalue weighted by Gasteiger charge is 2.15. The van der Waals surface area contributed by atoms with Gasteiger partial charge in [0.2, 0.25) is 5.91 Å². The molecule has 2 N–H and O–H groups in total. The number of likely N-dealkylation sites (N-methyl/N-ethyl adjacent to an activating group) is 1. The van der Waals surface area contributed by atoms with Gasteiger partial charge in [-0.25, -0.2) is 4.68 Å². The van der Waals surface area contributed by atoms with Gasteiger partial charge >= 0.3 is 0 Å². The third-order valence-corrected chi connectivity index (χ3v) is 3.48. The molecule has 2 rings (SSSR count). The summed E-state index contributed by atoms with van der Waals surface area (Å²) >= 11 is 0. The minimum atomic E-state index is 0. The smallest absolute Gasteiger partial charge is 0.224 e. The van der Waals surface area contributed by atoms with Gasteiger partial charge in [-0.15, -0.1) is 12.4 Å². The van der Waals surface area contributed by atoms with Crippen LogP contribution >= 0.6 is 12.4 Å². The molecule has 0 unspecified atom stereocenters. The third kappa shape index (κ3) is 4.32. The van der Waals surface area contributed by atoms with E-state index < -0.39 is 0 Å². The van der Waals surface area contributed by atoms with Crippen molar-refractivity contribution in [2.75, 3.05) is 20.1 Å². The van der Waals surface area contributed by atoms with E-state index in [-0.39, 0.29) is 18.3 Å². The van der Waals surface area contributed by atoms with E-state index in [1.54, 1.807) is 0 Å². The Morgan fingerprint density at radius 2 is 1.86 bits per heavy atom. The molecular formula is C16H23ClN4O. The lowest BCUT2D eigenvalue weighted by molar-refractivity contribution is -0.120. The average Bonchev–Trinajstić information content (AvgIpc) is 2.76. The molecule has 1 heterocycles. The first kappa shape index (κ1) is 18.2. The first-order valence-electron chi connectivity index (χ1n) is 7.15. The topological polar surface area (TPSA) is 58.9 Å². The van der Waals surface area contributed by atoms with Gasteiger partial charge in [0.1, 0.15) is 0 Å². The Morgan fingerprint density at radius 3 is 2.50 bits per heavy atom. The van der Waals surface area contributed by atoms with Crippen molar-refractivity contribution < 1.29 is 4.79 Å². The zero-order valence-electron chi connectivity index (χ0n) is 13.2. The maximum absolute atomic E-state index is 12.0. The molecule has 0 saturated heterocycles. The zero-order chi connectivity index (χ0) is 15.2. The van der Waals surface area contributed by atoms with Crippen molar-refractivity contribution in [3.63, 3.8) is 0 Å². The third-order valence-electron chi connectivity index (χ3n) is 3.48. The molecule has 0 radical (unpaired) electrons. The molecule has 120 valence electrons. The number of nitrogens with one attached hydrogen (secondary N) is 2. The number of rotatable bonds is 6. The molecule has 5 nitrogen and oxygen atoms in total. The van der Waals surface area contributed by atoms with E-state index in [1.165, 1.54) is 0 Å². The molecule has 0 fully saturated rings. The fourth-order valence-electron chi connectivity index (χ4n) is 2.30. The van der Waals surface area contributed by atoms with Crippen molar-refractivity contribution in [2.24, 2.45) is 0 Å². The molecular weight excluding hydrogens is 300 g/mol. The van der Waals surface area contributed by atoms with Crippen LogP contribution in [0.5, 0.6) is 0 Å². The summed E-state index contributed by atoms with van der Waals surface area (Å²) < 4.78 is 1.89. The van der Waals surface area contributed by atoms with Gasteiger partial charge in [0, 0.05) is 24.3 Å². The molecule has 6 heteroatoms. The van der Waals surface area contributed by atoms with Crippen molar-refractivity contribution in [1.29, 1.82) is 0 Å². The monoisotopic (exact) mass is 322 g/mol. The quantitative estimate of drug-likeness (QED) is 0.797. The van der Waals surface area contributed by atoms with Gasteiger partial charge in [-0.1, -0.05) is 18.2 Å². The van der Waals surface area contributed by atoms with Crippen molar-refractivity contribution in [2.45, 2.75) is 20.3 Å². The average molecular weight is 323 g/mol. The van der Waals surface area contributed by atoms with E-state index >= 15 is 0 Å². The summed E-state index contributed by atoms with van der Waals surface area (Å²) in [5, 5.41) is 10.5. The van der Waals surface area contributed by atoms with Gasteiger partial charge in [-0.05, 0) is 33.0 Å². The second-order valence-corrected chi connectivity index (χ2v) is 5.03. The summed E-state index contributed by atoms with van der Waals surface area (Å²) in [5.41, 5.74) is 3.93. The van der Waals surface area contributed by atoms with Gasteiger partial charge in [-0.2, -0.15) is 5.10 Å². The number of hydrogen-bond acceptors (Lipinski definition) is 3. The minimum absolute atomic E-state index is 0. The number of benzene rings is 1. The summed E-state index contributed by atoms with van der Waals surface area (Å²) in [6.45, 7) is 5.36. The van der Waals surface area contributed by atoms with E-state index in [4.69, 9.17) is 0 Å². The van der Waals surface area contributed by atoms with E-state index in [0.29, 0.717) is 13.0 Å². The number of hydrogen-bond donors (Lipinski definition) is 2. The number of carbonyl (C=O) groups excluding carboxylic acids is 1. The van der Waals surface area contributed by atoms with Crippen molar-refractivity contribution in [3.05, 3.63) is 47.3 Å². The summed E-state index contributed by atoms with van der Waals surface area (Å²) in [5.74, 6) is 0.0315. The second-order valence-electron chi connectivity index (χ2n) is 5.03. The van der Waals surface area contributed by atoms with Crippen molar-refractivity contribution in [1.82, 2.24) is 20.4 Å². The molecule has 2 aromatic rings. The number of halogens is 1. The number of para-hydroxylation sites is 1. The van der Waals surface area contributed by atoms with Crippen LogP contribution in [0.4, 0.5) is 0 Å². The lowest BCUT2D eigenvalue weighted by Gasteiger charge is -2.06. The first-order valence-corrected chi connectivity index (χ1v) is 7.15. The Hall–Kier alpha value is -1.85. The zero-order valence-corrected chi connectivity index (χ0v) is 14.0. The first-order chi connectivity index (χ1) is 10.1. The normalized spacial score (nSPS) is 10.1. The van der Waals surface area contributed by atoms with E-state index in [0.717, 1.165) is 29.2 Å². The number of aromatic nitrogens is 2. The summed E-state index contributed by atoms with van der Waals surface area (Å²) in [6, 6.07) is 9.96. The lowest BCUT2D eigenvalue weighted by atomic mass is 10.1. The number of carbonyl (C=O) groups is 1. The minimum Gasteiger partial charge on any atom is -0.355 e. The van der Waals surface area contributed by atoms with Crippen LogP contribution in [-0.4, -0.2) is 35.8 Å². The molecule has 0 aliphatic heterocycles. The fourth-order valence-corrected chi connectivity index (χ4v) is 2.30. The Balaban J connectivity index is 0.00000242. The van der Waals surface area contributed by atoms with Crippen LogP contribution in [0.3, 0.4) is 0 Å². The van der Waals surface area contributed by atoms with Crippen molar-refractivity contribution in [3.8, 4) is 5.69 Å². The largest absolute Gasteiger partial charge is 0.355 e. The second kappa shape index (κ2) is 8.56. The number of nitrogens with zero attached hydrogens (tertiary/aromatic N) is 2. The van der Waals surface area contributed by atoms with Crippen LogP contribution < -0.4 is 10.6 Å². The molecule has 0 saturated carbocycles. The van der Waals surface area contributed by atoms with Crippen LogP contribution in [0.25, 0.3) is 5.69 Å². The number of aryl methyl sites for hydroxylation is 1. The molecule has 0 bridgehead atoms. The van der Waals surface area contributed by atoms with Gasteiger partial charge in [0.25, 0.3) is 0 Å². The van der Waals surface area contributed by atoms with Crippen LogP contribution in [0, 0.1) is 13.8 Å². The summed E-state index contributed by atoms with van der Waals surface area (Å²) in [6.07, 6.45) is 0.369. The molecule has 0 atom stereocenters. The Morgan fingerprint density at radius 1 is 1.18 bits per heavy atom. The fraction of sp³-hybridized carbons (Fsp3) is 0.375. The van der Waals surface area contributed by atoms with Crippen LogP contribution in [0.2, 0.25) is 0 Å². The lowest BCUT2D eigenvalue weighted by Crippen LogP contribution is -2.31. The highest BCUT2D eigenvalue weighted by atomic mass is 35.5. The highest BCUT2D eigenvalue weighted by molar-refractivity contribution is 5.85. The molecule has 0 aliphatic carbocycles. The Bertz CT molecular complexity index is 610. The van der Waals surface area contributed by atoms with E-state index in [1.807, 2.05) is 55.9 Å². The van der Waals surface area contributed by atoms with Crippen molar-refractivity contribution >= 4 is 18.3 Å². The van der Waals surface area contributed by atoms with Gasteiger partial charge in [0.15, 0.2) is 0 Å². The predicted octanol–water partition coefficient (Wildman–Crippen LogP) is 1.79. The van der Waals surface area contributed by atoms with E-state index in [2.05, 4.69) is 15.7 Å². The molecule has 1 aromatic heterocycles. The highest BCUT2D eigenvalue weighted by Crippen LogP contribution is 2.18. The molecule has 22 heavy (non-hydrogen) atoms. The maximum Gasteiger partial charge on any atom is 0.224 e. The van der Waals surface area contributed by atoms with Gasteiger partial charge in [-0.3, -0.25) is 4.79 Å². The Kier molecular flexibility index (Phi) is 7.08. The van der Waals surface area contributed by atoms with E-state index in [9.17, 15) is 4.79 Å². The number of amides is 1. The van der Waals surface area contributed by atoms with Gasteiger partial charge < -0.3 is 10.6 Å². The SMILES string of the molecule is CNCCNC(=O)Cc1c(C)nn(-c2ccccc2)c1C.Cl. The van der Waals surface area contributed by atoms with Crippen LogP contribution in [0.1, 0.15) is 17.0 Å². The van der Waals surface area contributed by atoms with Crippen LogP contribution in [0.15, 0.2) is 30.3 Å². The molecule has 0 spiro atoms. The van der Waals surface area contributed by atoms with Crippen LogP contribution in [-0.2, 0) is 11.2 Å². The molecule has 1 amide bonds. The summed E-state index contributed by atoms with van der Waals surface area (Å²) in [4.78, 5) is 12.0. The predicted molar refractivity (Wildman–Crippen MR) is 90.9 cm³/mol. The molecule has 0 aliphatic rings. The summed E-state index contributed by atoms with van der Waals surface area (Å²) in [7, 11) is 1.87.